The Morgan fingerprint density at radius 3 is 2.68 bits per heavy atom. The molecule has 0 aromatic rings. The van der Waals surface area contributed by atoms with Crippen molar-refractivity contribution in [3.63, 3.8) is 0 Å². The number of nitrogens with zero attached hydrogens (tertiary/aromatic N) is 1. The van der Waals surface area contributed by atoms with E-state index in [1.54, 1.807) is 0 Å². The van der Waals surface area contributed by atoms with Gasteiger partial charge in [-0.1, -0.05) is 26.7 Å². The Kier molecular flexibility index (Phi) is 9.48. The first-order valence-corrected chi connectivity index (χ1v) is 8.18. The second-order valence-electron chi connectivity index (χ2n) is 6.37. The molecule has 1 unspecified atom stereocenters. The molecule has 1 aliphatic rings. The lowest BCUT2D eigenvalue weighted by Crippen LogP contribution is -2.31. The second-order valence-corrected chi connectivity index (χ2v) is 6.37. The summed E-state index contributed by atoms with van der Waals surface area (Å²) in [4.78, 5) is 2.49. The zero-order chi connectivity index (χ0) is 13.9. The van der Waals surface area contributed by atoms with Crippen molar-refractivity contribution in [3.05, 3.63) is 0 Å². The van der Waals surface area contributed by atoms with Gasteiger partial charge >= 0.3 is 0 Å². The Hall–Kier alpha value is -0.120. The van der Waals surface area contributed by atoms with E-state index < -0.39 is 0 Å². The highest BCUT2D eigenvalue weighted by molar-refractivity contribution is 4.67. The molecule has 0 saturated carbocycles. The standard InChI is InChI=1S/C16H34N2O/c1-15(2)17-10-6-4-5-7-11-18(3)13-16-9-8-12-19-14-16/h15-17H,4-14H2,1-3H3. The minimum Gasteiger partial charge on any atom is -0.381 e. The molecule has 1 aliphatic heterocycles. The molecule has 3 heteroatoms. The van der Waals surface area contributed by atoms with E-state index in [0.29, 0.717) is 6.04 Å². The zero-order valence-electron chi connectivity index (χ0n) is 13.3. The summed E-state index contributed by atoms with van der Waals surface area (Å²) in [6.45, 7) is 10.0. The smallest absolute Gasteiger partial charge is 0.0506 e. The summed E-state index contributed by atoms with van der Waals surface area (Å²) in [5, 5.41) is 3.48. The molecule has 1 atom stereocenters. The lowest BCUT2D eigenvalue weighted by atomic mass is 10.0. The van der Waals surface area contributed by atoms with Crippen molar-refractivity contribution in [2.45, 2.75) is 58.4 Å². The third-order valence-corrected chi connectivity index (χ3v) is 3.84. The van der Waals surface area contributed by atoms with Crippen molar-refractivity contribution in [1.29, 1.82) is 0 Å². The van der Waals surface area contributed by atoms with Crippen molar-refractivity contribution in [2.75, 3.05) is 39.9 Å². The van der Waals surface area contributed by atoms with E-state index in [-0.39, 0.29) is 0 Å². The number of unbranched alkanes of at least 4 members (excludes halogenated alkanes) is 3. The number of rotatable bonds is 10. The van der Waals surface area contributed by atoms with Crippen LogP contribution in [0.15, 0.2) is 0 Å². The van der Waals surface area contributed by atoms with Gasteiger partial charge in [0, 0.05) is 19.2 Å². The molecule has 19 heavy (non-hydrogen) atoms. The van der Waals surface area contributed by atoms with Gasteiger partial charge in [0.15, 0.2) is 0 Å². The van der Waals surface area contributed by atoms with E-state index in [0.717, 1.165) is 19.1 Å². The van der Waals surface area contributed by atoms with Gasteiger partial charge in [0.1, 0.15) is 0 Å². The molecule has 0 spiro atoms. The van der Waals surface area contributed by atoms with Crippen LogP contribution < -0.4 is 5.32 Å². The fraction of sp³-hybridized carbons (Fsp3) is 1.00. The van der Waals surface area contributed by atoms with Crippen molar-refractivity contribution < 1.29 is 4.74 Å². The first-order chi connectivity index (χ1) is 9.18. The van der Waals surface area contributed by atoms with E-state index in [2.05, 4.69) is 31.1 Å². The predicted octanol–water partition coefficient (Wildman–Crippen LogP) is 2.90. The minimum absolute atomic E-state index is 0.629. The Balaban J connectivity index is 1.88. The van der Waals surface area contributed by atoms with E-state index >= 15 is 0 Å². The maximum atomic E-state index is 5.54. The molecule has 1 rings (SSSR count). The molecule has 1 fully saturated rings. The molecule has 0 aromatic heterocycles. The van der Waals surface area contributed by atoms with Crippen LogP contribution in [0.3, 0.4) is 0 Å². The first-order valence-electron chi connectivity index (χ1n) is 8.18. The van der Waals surface area contributed by atoms with Crippen LogP contribution in [0.25, 0.3) is 0 Å². The maximum Gasteiger partial charge on any atom is 0.0506 e. The lowest BCUT2D eigenvalue weighted by Gasteiger charge is -2.27. The third kappa shape index (κ3) is 9.42. The number of hydrogen-bond acceptors (Lipinski definition) is 3. The molecule has 3 nitrogen and oxygen atoms in total. The summed E-state index contributed by atoms with van der Waals surface area (Å²) < 4.78 is 5.54. The highest BCUT2D eigenvalue weighted by Gasteiger charge is 2.15. The van der Waals surface area contributed by atoms with Crippen molar-refractivity contribution in [2.24, 2.45) is 5.92 Å². The Morgan fingerprint density at radius 1 is 1.21 bits per heavy atom. The SMILES string of the molecule is CC(C)NCCCCCCN(C)CC1CCCOC1. The Morgan fingerprint density at radius 2 is 2.00 bits per heavy atom. The molecule has 1 saturated heterocycles. The molecule has 1 N–H and O–H groups in total. The largest absolute Gasteiger partial charge is 0.381 e. The van der Waals surface area contributed by atoms with E-state index in [1.165, 1.54) is 58.2 Å². The summed E-state index contributed by atoms with van der Waals surface area (Å²) >= 11 is 0. The molecule has 1 heterocycles. The molecule has 114 valence electrons. The van der Waals surface area contributed by atoms with Crippen LogP contribution in [0, 0.1) is 5.92 Å². The fourth-order valence-corrected chi connectivity index (χ4v) is 2.73. The highest BCUT2D eigenvalue weighted by atomic mass is 16.5. The van der Waals surface area contributed by atoms with Gasteiger partial charge in [-0.05, 0) is 51.7 Å². The van der Waals surface area contributed by atoms with Gasteiger partial charge in [-0.25, -0.2) is 0 Å². The number of hydrogen-bond donors (Lipinski definition) is 1. The van der Waals surface area contributed by atoms with Gasteiger partial charge in [0.25, 0.3) is 0 Å². The van der Waals surface area contributed by atoms with Crippen LogP contribution >= 0.6 is 0 Å². The summed E-state index contributed by atoms with van der Waals surface area (Å²) in [7, 11) is 2.26. The molecular formula is C16H34N2O. The molecular weight excluding hydrogens is 236 g/mol. The van der Waals surface area contributed by atoms with Crippen LogP contribution in [0.4, 0.5) is 0 Å². The summed E-state index contributed by atoms with van der Waals surface area (Å²) in [5.41, 5.74) is 0. The lowest BCUT2D eigenvalue weighted by molar-refractivity contribution is 0.0419. The van der Waals surface area contributed by atoms with E-state index in [1.807, 2.05) is 0 Å². The van der Waals surface area contributed by atoms with Gasteiger partial charge in [0.05, 0.1) is 6.61 Å². The molecule has 0 radical (unpaired) electrons. The van der Waals surface area contributed by atoms with E-state index in [9.17, 15) is 0 Å². The number of nitrogens with one attached hydrogen (secondary N) is 1. The third-order valence-electron chi connectivity index (χ3n) is 3.84. The Bertz CT molecular complexity index is 203. The van der Waals surface area contributed by atoms with Crippen LogP contribution in [0.2, 0.25) is 0 Å². The van der Waals surface area contributed by atoms with Crippen molar-refractivity contribution >= 4 is 0 Å². The average Bonchev–Trinajstić information content (AvgIpc) is 2.38. The van der Waals surface area contributed by atoms with Gasteiger partial charge in [-0.3, -0.25) is 0 Å². The van der Waals surface area contributed by atoms with Gasteiger partial charge < -0.3 is 15.0 Å². The minimum atomic E-state index is 0.629. The van der Waals surface area contributed by atoms with Crippen molar-refractivity contribution in [1.82, 2.24) is 10.2 Å². The molecule has 0 aromatic carbocycles. The van der Waals surface area contributed by atoms with Crippen LogP contribution in [-0.2, 0) is 4.74 Å². The van der Waals surface area contributed by atoms with Crippen LogP contribution in [0.1, 0.15) is 52.4 Å². The van der Waals surface area contributed by atoms with Gasteiger partial charge in [-0.2, -0.15) is 0 Å². The fourth-order valence-electron chi connectivity index (χ4n) is 2.73. The second kappa shape index (κ2) is 10.6. The molecule has 0 aliphatic carbocycles. The highest BCUT2D eigenvalue weighted by Crippen LogP contribution is 2.14. The molecule has 0 amide bonds. The maximum absolute atomic E-state index is 5.54. The Labute approximate surface area is 120 Å². The van der Waals surface area contributed by atoms with E-state index in [4.69, 9.17) is 4.74 Å². The van der Waals surface area contributed by atoms with Gasteiger partial charge in [-0.15, -0.1) is 0 Å². The first kappa shape index (κ1) is 16.9. The van der Waals surface area contributed by atoms with Crippen LogP contribution in [-0.4, -0.2) is 50.8 Å². The average molecular weight is 270 g/mol. The summed E-state index contributed by atoms with van der Waals surface area (Å²) in [5.74, 6) is 0.772. The number of ether oxygens (including phenoxy) is 1. The monoisotopic (exact) mass is 270 g/mol. The topological polar surface area (TPSA) is 24.5 Å². The normalized spacial score (nSPS) is 20.4. The quantitative estimate of drug-likeness (QED) is 0.618. The van der Waals surface area contributed by atoms with Crippen molar-refractivity contribution in [3.8, 4) is 0 Å². The molecule has 0 bridgehead atoms. The predicted molar refractivity (Wildman–Crippen MR) is 82.6 cm³/mol. The van der Waals surface area contributed by atoms with Gasteiger partial charge in [0.2, 0.25) is 0 Å². The summed E-state index contributed by atoms with van der Waals surface area (Å²) in [6.07, 6.45) is 7.99. The van der Waals surface area contributed by atoms with Crippen LogP contribution in [0.5, 0.6) is 0 Å². The zero-order valence-corrected chi connectivity index (χ0v) is 13.3. The summed E-state index contributed by atoms with van der Waals surface area (Å²) in [6, 6.07) is 0.629.